The summed E-state index contributed by atoms with van der Waals surface area (Å²) >= 11 is 0. The van der Waals surface area contributed by atoms with Crippen molar-refractivity contribution in [1.29, 1.82) is 0 Å². The molecule has 0 heterocycles. The van der Waals surface area contributed by atoms with Gasteiger partial charge in [0.15, 0.2) is 15.8 Å². The SMILES string of the molecule is CCS(=O)(=O)CCNC(=NC)NCCc1ccc(C(F)(F)F)cc1.I. The molecule has 25 heavy (non-hydrogen) atoms. The number of nitrogens with one attached hydrogen (secondary N) is 2. The summed E-state index contributed by atoms with van der Waals surface area (Å²) in [5.74, 6) is 0.561. The molecule has 0 saturated carbocycles. The molecule has 0 unspecified atom stereocenters. The molecule has 0 spiro atoms. The molecule has 0 saturated heterocycles. The van der Waals surface area contributed by atoms with E-state index in [1.54, 1.807) is 14.0 Å². The van der Waals surface area contributed by atoms with Gasteiger partial charge in [-0.05, 0) is 24.1 Å². The van der Waals surface area contributed by atoms with Crippen LogP contribution < -0.4 is 10.6 Å². The van der Waals surface area contributed by atoms with Gasteiger partial charge in [0.1, 0.15) is 0 Å². The molecular weight excluding hydrogens is 470 g/mol. The first-order chi connectivity index (χ1) is 11.2. The zero-order chi connectivity index (χ0) is 18.2. The van der Waals surface area contributed by atoms with E-state index < -0.39 is 21.6 Å². The highest BCUT2D eigenvalue weighted by atomic mass is 127. The monoisotopic (exact) mass is 493 g/mol. The molecule has 5 nitrogen and oxygen atoms in total. The number of halogens is 4. The molecule has 0 bridgehead atoms. The summed E-state index contributed by atoms with van der Waals surface area (Å²) in [5, 5.41) is 5.87. The molecule has 0 aliphatic carbocycles. The second-order valence-corrected chi connectivity index (χ2v) is 7.58. The molecule has 10 heteroatoms. The fourth-order valence-corrected chi connectivity index (χ4v) is 2.58. The van der Waals surface area contributed by atoms with Crippen molar-refractivity contribution in [2.45, 2.75) is 19.5 Å². The molecular formula is C15H23F3IN3O2S. The van der Waals surface area contributed by atoms with Gasteiger partial charge in [0.05, 0.1) is 11.3 Å². The number of aliphatic imine (C=N–C) groups is 1. The van der Waals surface area contributed by atoms with Gasteiger partial charge in [0.25, 0.3) is 0 Å². The summed E-state index contributed by atoms with van der Waals surface area (Å²) in [5.41, 5.74) is 0.0910. The Kier molecular flexibility index (Phi) is 10.4. The molecule has 0 radical (unpaired) electrons. The molecule has 0 aromatic heterocycles. The Labute approximate surface area is 163 Å². The summed E-state index contributed by atoms with van der Waals surface area (Å²) in [6.07, 6.45) is -3.81. The summed E-state index contributed by atoms with van der Waals surface area (Å²) in [7, 11) is -1.48. The molecule has 144 valence electrons. The van der Waals surface area contributed by atoms with Crippen LogP contribution in [0.2, 0.25) is 0 Å². The largest absolute Gasteiger partial charge is 0.416 e. The molecule has 0 atom stereocenters. The number of guanidine groups is 1. The van der Waals surface area contributed by atoms with Crippen molar-refractivity contribution >= 4 is 39.8 Å². The Hall–Kier alpha value is -1.04. The van der Waals surface area contributed by atoms with Crippen molar-refractivity contribution in [2.24, 2.45) is 4.99 Å². The minimum Gasteiger partial charge on any atom is -0.356 e. The van der Waals surface area contributed by atoms with E-state index in [2.05, 4.69) is 15.6 Å². The molecule has 1 aromatic carbocycles. The van der Waals surface area contributed by atoms with E-state index in [4.69, 9.17) is 0 Å². The Morgan fingerprint density at radius 1 is 1.12 bits per heavy atom. The molecule has 0 fully saturated rings. The molecule has 1 aromatic rings. The van der Waals surface area contributed by atoms with Crippen molar-refractivity contribution in [1.82, 2.24) is 10.6 Å². The zero-order valence-electron chi connectivity index (χ0n) is 14.1. The topological polar surface area (TPSA) is 70.6 Å². The zero-order valence-corrected chi connectivity index (χ0v) is 17.2. The van der Waals surface area contributed by atoms with Crippen molar-refractivity contribution < 1.29 is 21.6 Å². The third-order valence-electron chi connectivity index (χ3n) is 3.36. The van der Waals surface area contributed by atoms with Crippen molar-refractivity contribution in [3.8, 4) is 0 Å². The average Bonchev–Trinajstić information content (AvgIpc) is 2.53. The van der Waals surface area contributed by atoms with Gasteiger partial charge in [-0.25, -0.2) is 8.42 Å². The standard InChI is InChI=1S/C15H22F3N3O2S.HI/c1-3-24(22,23)11-10-21-14(19-2)20-9-8-12-4-6-13(7-5-12)15(16,17)18;/h4-7H,3,8-11H2,1-2H3,(H2,19,20,21);1H. The highest BCUT2D eigenvalue weighted by Gasteiger charge is 2.29. The van der Waals surface area contributed by atoms with E-state index in [1.165, 1.54) is 12.1 Å². The Balaban J connectivity index is 0.00000576. The second-order valence-electron chi connectivity index (χ2n) is 5.11. The second kappa shape index (κ2) is 10.8. The van der Waals surface area contributed by atoms with Crippen LogP contribution in [-0.4, -0.2) is 46.0 Å². The van der Waals surface area contributed by atoms with Gasteiger partial charge in [0.2, 0.25) is 0 Å². The van der Waals surface area contributed by atoms with Gasteiger partial charge >= 0.3 is 6.18 Å². The summed E-state index contributed by atoms with van der Waals surface area (Å²) in [6.45, 7) is 2.30. The smallest absolute Gasteiger partial charge is 0.356 e. The minimum atomic E-state index is -4.33. The van der Waals surface area contributed by atoms with Gasteiger partial charge < -0.3 is 10.6 Å². The quantitative estimate of drug-likeness (QED) is 0.348. The van der Waals surface area contributed by atoms with Crippen LogP contribution in [0.3, 0.4) is 0 Å². The van der Waals surface area contributed by atoms with Crippen molar-refractivity contribution in [3.63, 3.8) is 0 Å². The van der Waals surface area contributed by atoms with Crippen LogP contribution in [0.1, 0.15) is 18.1 Å². The first-order valence-corrected chi connectivity index (χ1v) is 9.31. The van der Waals surface area contributed by atoms with Crippen molar-refractivity contribution in [3.05, 3.63) is 35.4 Å². The number of hydrogen-bond donors (Lipinski definition) is 2. The van der Waals surface area contributed by atoms with E-state index in [0.29, 0.717) is 18.9 Å². The van der Waals surface area contributed by atoms with Gasteiger partial charge in [-0.2, -0.15) is 13.2 Å². The molecule has 0 aliphatic rings. The van der Waals surface area contributed by atoms with E-state index in [-0.39, 0.29) is 42.0 Å². The lowest BCUT2D eigenvalue weighted by molar-refractivity contribution is -0.137. The molecule has 1 rings (SSSR count). The van der Waals surface area contributed by atoms with E-state index in [9.17, 15) is 21.6 Å². The van der Waals surface area contributed by atoms with Crippen LogP contribution in [0, 0.1) is 0 Å². The minimum absolute atomic E-state index is 0. The number of benzene rings is 1. The molecule has 0 amide bonds. The lowest BCUT2D eigenvalue weighted by Gasteiger charge is -2.12. The number of rotatable bonds is 7. The van der Waals surface area contributed by atoms with Crippen LogP contribution in [0.5, 0.6) is 0 Å². The number of alkyl halides is 3. The Morgan fingerprint density at radius 2 is 1.68 bits per heavy atom. The Morgan fingerprint density at radius 3 is 2.16 bits per heavy atom. The highest BCUT2D eigenvalue weighted by Crippen LogP contribution is 2.29. The van der Waals surface area contributed by atoms with Gasteiger partial charge in [-0.15, -0.1) is 24.0 Å². The number of hydrogen-bond acceptors (Lipinski definition) is 3. The fraction of sp³-hybridized carbons (Fsp3) is 0.533. The van der Waals surface area contributed by atoms with Crippen LogP contribution in [0.15, 0.2) is 29.3 Å². The Bertz CT molecular complexity index is 647. The third-order valence-corrected chi connectivity index (χ3v) is 5.06. The summed E-state index contributed by atoms with van der Waals surface area (Å²) < 4.78 is 60.2. The normalized spacial score (nSPS) is 12.4. The van der Waals surface area contributed by atoms with Crippen LogP contribution in [0.4, 0.5) is 13.2 Å². The van der Waals surface area contributed by atoms with Gasteiger partial charge in [0, 0.05) is 25.9 Å². The van der Waals surface area contributed by atoms with Crippen molar-refractivity contribution in [2.75, 3.05) is 31.6 Å². The van der Waals surface area contributed by atoms with E-state index >= 15 is 0 Å². The number of nitrogens with zero attached hydrogens (tertiary/aromatic N) is 1. The highest BCUT2D eigenvalue weighted by molar-refractivity contribution is 14.0. The maximum absolute atomic E-state index is 12.5. The third kappa shape index (κ3) is 9.28. The number of sulfone groups is 1. The summed E-state index contributed by atoms with van der Waals surface area (Å²) in [6, 6.07) is 4.99. The summed E-state index contributed by atoms with van der Waals surface area (Å²) in [4.78, 5) is 3.96. The predicted molar refractivity (Wildman–Crippen MR) is 104 cm³/mol. The van der Waals surface area contributed by atoms with Crippen LogP contribution >= 0.6 is 24.0 Å². The fourth-order valence-electron chi connectivity index (χ4n) is 1.88. The predicted octanol–water partition coefficient (Wildman–Crippen LogP) is 2.47. The lowest BCUT2D eigenvalue weighted by Crippen LogP contribution is -2.40. The van der Waals surface area contributed by atoms with E-state index in [0.717, 1.165) is 17.7 Å². The van der Waals surface area contributed by atoms with E-state index in [1.807, 2.05) is 0 Å². The first kappa shape index (κ1) is 24.0. The molecule has 0 aliphatic heterocycles. The first-order valence-electron chi connectivity index (χ1n) is 7.49. The van der Waals surface area contributed by atoms with Gasteiger partial charge in [-0.1, -0.05) is 19.1 Å². The maximum atomic E-state index is 12.5. The van der Waals surface area contributed by atoms with Gasteiger partial charge in [-0.3, -0.25) is 4.99 Å². The maximum Gasteiger partial charge on any atom is 0.416 e. The van der Waals surface area contributed by atoms with Crippen LogP contribution in [-0.2, 0) is 22.4 Å². The lowest BCUT2D eigenvalue weighted by atomic mass is 10.1. The van der Waals surface area contributed by atoms with Crippen LogP contribution in [0.25, 0.3) is 0 Å². The molecule has 2 N–H and O–H groups in total. The average molecular weight is 493 g/mol.